The smallest absolute Gasteiger partial charge is 0.410 e. The molecule has 0 aromatic heterocycles. The summed E-state index contributed by atoms with van der Waals surface area (Å²) in [4.78, 5) is 36.2. The van der Waals surface area contributed by atoms with Crippen molar-refractivity contribution < 1.29 is 24.0 Å². The Hall–Kier alpha value is -2.84. The van der Waals surface area contributed by atoms with Crippen LogP contribution in [0.5, 0.6) is 5.75 Å². The Morgan fingerprint density at radius 3 is 2.41 bits per heavy atom. The Bertz CT molecular complexity index is 720. The van der Waals surface area contributed by atoms with Crippen molar-refractivity contribution in [2.45, 2.75) is 45.3 Å². The normalized spacial score (nSPS) is 15.2. The molecule has 1 aromatic carbocycles. The van der Waals surface area contributed by atoms with Crippen LogP contribution in [0.1, 0.15) is 44.0 Å². The zero-order valence-electron chi connectivity index (χ0n) is 16.0. The zero-order chi connectivity index (χ0) is 20.2. The number of ether oxygens (including phenoxy) is 2. The SMILES string of the molecule is CNC(=O)c1cc([N+](=O)[O-])ccc1OC1CCN(C(=O)OC(C)(C)C)CC1. The standard InChI is InChI=1S/C18H25N3O6/c1-18(2,3)27-17(23)20-9-7-13(8-10-20)26-15-6-5-12(21(24)25)11-14(15)16(22)19-4/h5-6,11,13H,7-10H2,1-4H3,(H,19,22). The van der Waals surface area contributed by atoms with E-state index in [1.54, 1.807) is 4.90 Å². The van der Waals surface area contributed by atoms with Crippen LogP contribution in [0.2, 0.25) is 0 Å². The van der Waals surface area contributed by atoms with Crippen molar-refractivity contribution >= 4 is 17.7 Å². The number of nitro benzene ring substituents is 1. The molecule has 1 aromatic rings. The van der Waals surface area contributed by atoms with Crippen molar-refractivity contribution in [3.05, 3.63) is 33.9 Å². The van der Waals surface area contributed by atoms with Crippen LogP contribution >= 0.6 is 0 Å². The molecule has 1 aliphatic heterocycles. The van der Waals surface area contributed by atoms with Crippen LogP contribution in [0.25, 0.3) is 0 Å². The number of nitrogens with one attached hydrogen (secondary N) is 1. The van der Waals surface area contributed by atoms with Crippen LogP contribution in [0, 0.1) is 10.1 Å². The van der Waals surface area contributed by atoms with Crippen molar-refractivity contribution in [3.63, 3.8) is 0 Å². The number of rotatable bonds is 4. The van der Waals surface area contributed by atoms with Crippen LogP contribution in [-0.2, 0) is 4.74 Å². The van der Waals surface area contributed by atoms with E-state index in [0.717, 1.165) is 0 Å². The summed E-state index contributed by atoms with van der Waals surface area (Å²) in [6.45, 7) is 6.39. The van der Waals surface area contributed by atoms with Gasteiger partial charge in [-0.2, -0.15) is 0 Å². The molecule has 1 fully saturated rings. The van der Waals surface area contributed by atoms with E-state index in [1.165, 1.54) is 25.2 Å². The molecule has 0 unspecified atom stereocenters. The summed E-state index contributed by atoms with van der Waals surface area (Å²) in [5.74, 6) is -0.171. The van der Waals surface area contributed by atoms with Gasteiger partial charge in [0.2, 0.25) is 0 Å². The third kappa shape index (κ3) is 5.57. The number of piperidine rings is 1. The minimum Gasteiger partial charge on any atom is -0.489 e. The molecule has 0 bridgehead atoms. The van der Waals surface area contributed by atoms with Gasteiger partial charge in [-0.1, -0.05) is 0 Å². The molecule has 1 saturated heterocycles. The summed E-state index contributed by atoms with van der Waals surface area (Å²) in [6, 6.07) is 3.94. The van der Waals surface area contributed by atoms with Crippen LogP contribution < -0.4 is 10.1 Å². The lowest BCUT2D eigenvalue weighted by atomic mass is 10.1. The average molecular weight is 379 g/mol. The Balaban J connectivity index is 2.03. The van der Waals surface area contributed by atoms with Gasteiger partial charge >= 0.3 is 6.09 Å². The van der Waals surface area contributed by atoms with Gasteiger partial charge in [0.05, 0.1) is 10.5 Å². The number of amides is 2. The third-order valence-electron chi connectivity index (χ3n) is 4.03. The van der Waals surface area contributed by atoms with E-state index in [-0.39, 0.29) is 29.2 Å². The summed E-state index contributed by atoms with van der Waals surface area (Å²) >= 11 is 0. The molecule has 0 radical (unpaired) electrons. The summed E-state index contributed by atoms with van der Waals surface area (Å²) in [5, 5.41) is 13.4. The van der Waals surface area contributed by atoms with E-state index < -0.39 is 16.4 Å². The fraction of sp³-hybridized carbons (Fsp3) is 0.556. The minimum absolute atomic E-state index is 0.112. The highest BCUT2D eigenvalue weighted by atomic mass is 16.6. The Labute approximate surface area is 157 Å². The largest absolute Gasteiger partial charge is 0.489 e. The number of carbonyl (C=O) groups is 2. The first-order valence-electron chi connectivity index (χ1n) is 8.76. The van der Waals surface area contributed by atoms with Crippen LogP contribution in [-0.4, -0.2) is 53.7 Å². The van der Waals surface area contributed by atoms with Crippen molar-refractivity contribution in [1.29, 1.82) is 0 Å². The molecule has 27 heavy (non-hydrogen) atoms. The summed E-state index contributed by atoms with van der Waals surface area (Å²) in [5.41, 5.74) is -0.618. The van der Waals surface area contributed by atoms with Gasteiger partial charge in [0, 0.05) is 45.1 Å². The van der Waals surface area contributed by atoms with Crippen molar-refractivity contribution in [2.24, 2.45) is 0 Å². The second kappa shape index (κ2) is 8.24. The number of nitrogens with zero attached hydrogens (tertiary/aromatic N) is 2. The lowest BCUT2D eigenvalue weighted by molar-refractivity contribution is -0.384. The highest BCUT2D eigenvalue weighted by Gasteiger charge is 2.28. The fourth-order valence-corrected chi connectivity index (χ4v) is 2.71. The predicted octanol–water partition coefficient (Wildman–Crippen LogP) is 2.73. The Morgan fingerprint density at radius 1 is 1.26 bits per heavy atom. The fourth-order valence-electron chi connectivity index (χ4n) is 2.71. The van der Waals surface area contributed by atoms with E-state index in [1.807, 2.05) is 20.8 Å². The van der Waals surface area contributed by atoms with Gasteiger partial charge in [0.15, 0.2) is 0 Å². The van der Waals surface area contributed by atoms with E-state index in [0.29, 0.717) is 25.9 Å². The maximum absolute atomic E-state index is 12.1. The van der Waals surface area contributed by atoms with E-state index >= 15 is 0 Å². The van der Waals surface area contributed by atoms with Gasteiger partial charge in [0.25, 0.3) is 11.6 Å². The number of benzene rings is 1. The zero-order valence-corrected chi connectivity index (χ0v) is 16.0. The van der Waals surface area contributed by atoms with Gasteiger partial charge in [-0.25, -0.2) is 4.79 Å². The van der Waals surface area contributed by atoms with E-state index in [2.05, 4.69) is 5.32 Å². The maximum Gasteiger partial charge on any atom is 0.410 e. The molecule has 2 rings (SSSR count). The Morgan fingerprint density at radius 2 is 1.89 bits per heavy atom. The van der Waals surface area contributed by atoms with E-state index in [4.69, 9.17) is 9.47 Å². The number of nitro groups is 1. The lowest BCUT2D eigenvalue weighted by Crippen LogP contribution is -2.44. The highest BCUT2D eigenvalue weighted by molar-refractivity contribution is 5.97. The molecule has 148 valence electrons. The molecule has 0 aliphatic carbocycles. The monoisotopic (exact) mass is 379 g/mol. The maximum atomic E-state index is 12.1. The highest BCUT2D eigenvalue weighted by Crippen LogP contribution is 2.27. The van der Waals surface area contributed by atoms with Crippen molar-refractivity contribution in [3.8, 4) is 5.75 Å². The number of likely N-dealkylation sites (tertiary alicyclic amines) is 1. The first kappa shape index (κ1) is 20.5. The molecular formula is C18H25N3O6. The first-order valence-corrected chi connectivity index (χ1v) is 8.76. The number of carbonyl (C=O) groups excluding carboxylic acids is 2. The summed E-state index contributed by atoms with van der Waals surface area (Å²) < 4.78 is 11.3. The second-order valence-electron chi connectivity index (χ2n) is 7.30. The quantitative estimate of drug-likeness (QED) is 0.636. The average Bonchev–Trinajstić information content (AvgIpc) is 2.60. The molecule has 9 heteroatoms. The van der Waals surface area contributed by atoms with Crippen molar-refractivity contribution in [1.82, 2.24) is 10.2 Å². The molecule has 2 amide bonds. The van der Waals surface area contributed by atoms with Gasteiger partial charge < -0.3 is 19.7 Å². The Kier molecular flexibility index (Phi) is 6.24. The summed E-state index contributed by atoms with van der Waals surface area (Å²) in [6.07, 6.45) is 0.586. The third-order valence-corrected chi connectivity index (χ3v) is 4.03. The van der Waals surface area contributed by atoms with E-state index in [9.17, 15) is 19.7 Å². The predicted molar refractivity (Wildman–Crippen MR) is 97.9 cm³/mol. The molecule has 1 aliphatic rings. The van der Waals surface area contributed by atoms with Crippen LogP contribution in [0.15, 0.2) is 18.2 Å². The lowest BCUT2D eigenvalue weighted by Gasteiger charge is -2.33. The van der Waals surface area contributed by atoms with Gasteiger partial charge in [-0.05, 0) is 26.8 Å². The molecule has 9 nitrogen and oxygen atoms in total. The second-order valence-corrected chi connectivity index (χ2v) is 7.30. The molecule has 0 spiro atoms. The molecule has 1 N–H and O–H groups in total. The van der Waals surface area contributed by atoms with Gasteiger partial charge in [-0.3, -0.25) is 14.9 Å². The van der Waals surface area contributed by atoms with Crippen molar-refractivity contribution in [2.75, 3.05) is 20.1 Å². The molecule has 0 atom stereocenters. The van der Waals surface area contributed by atoms with Gasteiger partial charge in [-0.15, -0.1) is 0 Å². The molecule has 0 saturated carbocycles. The molecular weight excluding hydrogens is 354 g/mol. The minimum atomic E-state index is -0.560. The number of non-ortho nitro benzene ring substituents is 1. The number of hydrogen-bond acceptors (Lipinski definition) is 6. The first-order chi connectivity index (χ1) is 12.6. The van der Waals surface area contributed by atoms with Crippen LogP contribution in [0.3, 0.4) is 0 Å². The topological polar surface area (TPSA) is 111 Å². The van der Waals surface area contributed by atoms with Crippen LogP contribution in [0.4, 0.5) is 10.5 Å². The number of hydrogen-bond donors (Lipinski definition) is 1. The van der Waals surface area contributed by atoms with Gasteiger partial charge in [0.1, 0.15) is 17.5 Å². The summed E-state index contributed by atoms with van der Waals surface area (Å²) in [7, 11) is 1.45. The molecule has 1 heterocycles.